The highest BCUT2D eigenvalue weighted by atomic mass is 32.1. The predicted molar refractivity (Wildman–Crippen MR) is 149 cm³/mol. The Balaban J connectivity index is 1.25. The third kappa shape index (κ3) is 5.25. The first kappa shape index (κ1) is 25.9. The maximum atomic E-state index is 15.2. The first-order valence-corrected chi connectivity index (χ1v) is 13.6. The number of hydrogen-bond donors (Lipinski definition) is 2. The third-order valence-electron chi connectivity index (χ3n) is 6.70. The van der Waals surface area contributed by atoms with Gasteiger partial charge in [0.1, 0.15) is 17.2 Å². The minimum absolute atomic E-state index is 0.0742. The standard InChI is InChI=1S/C29H25FN4O5S/c1-37-26-14-31-27-18(10-16(15-35)11-21(27)33-26)28-34-20-12-19(30)24(13-25(20)40-28)38-22-8-5-9-23(22)39-29(36)32-17-6-3-2-4-7-17/h2-4,6-7,10-14,22-23,35H,5,8-9,15H2,1H3,(H,32,36)/t22-,23+/m1/s1. The van der Waals surface area contributed by atoms with E-state index in [1.165, 1.54) is 30.7 Å². The molecule has 0 bridgehead atoms. The van der Waals surface area contributed by atoms with Crippen molar-refractivity contribution in [3.63, 3.8) is 0 Å². The number of carbonyl (C=O) groups excluding carboxylic acids is 1. The van der Waals surface area contributed by atoms with Crippen LogP contribution in [-0.2, 0) is 11.3 Å². The van der Waals surface area contributed by atoms with Gasteiger partial charge in [-0.3, -0.25) is 5.32 Å². The largest absolute Gasteiger partial charge is 0.483 e. The molecule has 40 heavy (non-hydrogen) atoms. The van der Waals surface area contributed by atoms with Gasteiger partial charge in [-0.15, -0.1) is 11.3 Å². The summed E-state index contributed by atoms with van der Waals surface area (Å²) in [4.78, 5) is 26.0. The van der Waals surface area contributed by atoms with Gasteiger partial charge >= 0.3 is 6.09 Å². The van der Waals surface area contributed by atoms with Crippen LogP contribution in [-0.4, -0.2) is 45.5 Å². The second-order valence-electron chi connectivity index (χ2n) is 9.37. The van der Waals surface area contributed by atoms with Crippen molar-refractivity contribution < 1.29 is 28.5 Å². The maximum absolute atomic E-state index is 15.2. The molecule has 1 aliphatic carbocycles. The maximum Gasteiger partial charge on any atom is 0.412 e. The molecule has 5 aromatic rings. The number of rotatable bonds is 7. The molecule has 3 aromatic carbocycles. The van der Waals surface area contributed by atoms with E-state index < -0.39 is 24.1 Å². The van der Waals surface area contributed by atoms with Crippen molar-refractivity contribution in [2.24, 2.45) is 0 Å². The molecule has 2 heterocycles. The van der Waals surface area contributed by atoms with E-state index in [0.29, 0.717) is 61.8 Å². The molecule has 11 heteroatoms. The topological polar surface area (TPSA) is 116 Å². The van der Waals surface area contributed by atoms with Gasteiger partial charge in [0, 0.05) is 23.4 Å². The van der Waals surface area contributed by atoms with Gasteiger partial charge in [-0.2, -0.15) is 0 Å². The molecule has 2 N–H and O–H groups in total. The van der Waals surface area contributed by atoms with Crippen LogP contribution in [0.1, 0.15) is 24.8 Å². The third-order valence-corrected chi connectivity index (χ3v) is 7.75. The zero-order valence-corrected chi connectivity index (χ0v) is 22.3. The SMILES string of the molecule is COc1cnc2c(-c3nc4cc(F)c(O[C@@H]5CCC[C@@H]5OC(=O)Nc5ccccc5)cc4s3)cc(CO)cc2n1. The molecule has 2 aromatic heterocycles. The first-order chi connectivity index (χ1) is 19.5. The molecule has 1 saturated carbocycles. The lowest BCUT2D eigenvalue weighted by atomic mass is 10.1. The van der Waals surface area contributed by atoms with E-state index in [4.69, 9.17) is 14.2 Å². The lowest BCUT2D eigenvalue weighted by molar-refractivity contribution is 0.0401. The van der Waals surface area contributed by atoms with Crippen LogP contribution in [0.2, 0.25) is 0 Å². The summed E-state index contributed by atoms with van der Waals surface area (Å²) >= 11 is 1.35. The minimum atomic E-state index is -0.576. The number of para-hydroxylation sites is 1. The molecule has 9 nitrogen and oxygen atoms in total. The Labute approximate surface area is 232 Å². The number of fused-ring (bicyclic) bond motifs is 2. The Bertz CT molecular complexity index is 1690. The van der Waals surface area contributed by atoms with Gasteiger partial charge in [-0.05, 0) is 49.1 Å². The van der Waals surface area contributed by atoms with Crippen molar-refractivity contribution >= 4 is 44.4 Å². The van der Waals surface area contributed by atoms with Crippen molar-refractivity contribution in [2.45, 2.75) is 38.1 Å². The molecular weight excluding hydrogens is 535 g/mol. The smallest absolute Gasteiger partial charge is 0.412 e. The minimum Gasteiger partial charge on any atom is -0.483 e. The summed E-state index contributed by atoms with van der Waals surface area (Å²) in [7, 11) is 1.51. The number of nitrogens with zero attached hydrogens (tertiary/aromatic N) is 3. The lowest BCUT2D eigenvalue weighted by Crippen LogP contribution is -2.32. The van der Waals surface area contributed by atoms with Crippen molar-refractivity contribution in [2.75, 3.05) is 12.4 Å². The van der Waals surface area contributed by atoms with E-state index in [1.807, 2.05) is 18.2 Å². The van der Waals surface area contributed by atoms with Crippen LogP contribution >= 0.6 is 11.3 Å². The number of ether oxygens (including phenoxy) is 3. The molecule has 1 fully saturated rings. The number of aliphatic hydroxyl groups excluding tert-OH is 1. The summed E-state index contributed by atoms with van der Waals surface area (Å²) in [5.74, 6) is -0.124. The number of carbonyl (C=O) groups is 1. The average molecular weight is 561 g/mol. The molecule has 1 aliphatic rings. The monoisotopic (exact) mass is 560 g/mol. The van der Waals surface area contributed by atoms with Crippen molar-refractivity contribution in [3.8, 4) is 22.2 Å². The summed E-state index contributed by atoms with van der Waals surface area (Å²) in [5, 5.41) is 13.1. The Kier molecular flexibility index (Phi) is 7.14. The quantitative estimate of drug-likeness (QED) is 0.246. The van der Waals surface area contributed by atoms with E-state index in [9.17, 15) is 9.90 Å². The van der Waals surface area contributed by atoms with Gasteiger partial charge in [0.05, 0.1) is 41.2 Å². The number of methoxy groups -OCH3 is 1. The first-order valence-electron chi connectivity index (χ1n) is 12.7. The number of hydrogen-bond acceptors (Lipinski definition) is 9. The number of nitrogens with one attached hydrogen (secondary N) is 1. The van der Waals surface area contributed by atoms with Gasteiger partial charge in [0.2, 0.25) is 5.88 Å². The average Bonchev–Trinajstić information content (AvgIpc) is 3.58. The van der Waals surface area contributed by atoms with Crippen LogP contribution in [0.3, 0.4) is 0 Å². The Morgan fingerprint density at radius 3 is 2.73 bits per heavy atom. The van der Waals surface area contributed by atoms with Crippen LogP contribution in [0.15, 0.2) is 60.8 Å². The number of aliphatic hydroxyl groups is 1. The van der Waals surface area contributed by atoms with Gasteiger partial charge in [-0.25, -0.2) is 24.1 Å². The molecule has 2 atom stereocenters. The second-order valence-corrected chi connectivity index (χ2v) is 10.4. The zero-order valence-electron chi connectivity index (χ0n) is 21.5. The fourth-order valence-corrected chi connectivity index (χ4v) is 5.78. The number of halogens is 1. The Hall–Kier alpha value is -4.35. The highest BCUT2D eigenvalue weighted by Crippen LogP contribution is 2.38. The van der Waals surface area contributed by atoms with Crippen molar-refractivity contribution in [3.05, 3.63) is 72.2 Å². The molecule has 204 valence electrons. The van der Waals surface area contributed by atoms with E-state index in [1.54, 1.807) is 30.3 Å². The molecule has 1 amide bonds. The number of benzene rings is 3. The molecule has 0 radical (unpaired) electrons. The summed E-state index contributed by atoms with van der Waals surface area (Å²) in [6, 6.07) is 15.5. The van der Waals surface area contributed by atoms with Crippen molar-refractivity contribution in [1.82, 2.24) is 15.0 Å². The Morgan fingerprint density at radius 2 is 1.93 bits per heavy atom. The number of aromatic nitrogens is 3. The van der Waals surface area contributed by atoms with Gasteiger partial charge in [0.15, 0.2) is 11.6 Å². The van der Waals surface area contributed by atoms with Crippen LogP contribution in [0, 0.1) is 5.82 Å². The van der Waals surface area contributed by atoms with Gasteiger partial charge in [0.25, 0.3) is 0 Å². The molecule has 0 saturated heterocycles. The molecule has 0 spiro atoms. The summed E-state index contributed by atoms with van der Waals surface area (Å²) in [6.45, 7) is -0.187. The Morgan fingerprint density at radius 1 is 1.10 bits per heavy atom. The van der Waals surface area contributed by atoms with Crippen LogP contribution in [0.4, 0.5) is 14.9 Å². The van der Waals surface area contributed by atoms with E-state index in [2.05, 4.69) is 20.3 Å². The van der Waals surface area contributed by atoms with E-state index >= 15 is 4.39 Å². The van der Waals surface area contributed by atoms with E-state index in [-0.39, 0.29) is 12.4 Å². The lowest BCUT2D eigenvalue weighted by Gasteiger charge is -2.22. The zero-order chi connectivity index (χ0) is 27.6. The van der Waals surface area contributed by atoms with Crippen LogP contribution in [0.25, 0.3) is 31.8 Å². The molecule has 0 unspecified atom stereocenters. The van der Waals surface area contributed by atoms with Crippen LogP contribution in [0.5, 0.6) is 11.6 Å². The highest BCUT2D eigenvalue weighted by molar-refractivity contribution is 7.21. The van der Waals surface area contributed by atoms with Gasteiger partial charge in [-0.1, -0.05) is 18.2 Å². The summed E-state index contributed by atoms with van der Waals surface area (Å²) in [6.07, 6.45) is 2.02. The molecule has 6 rings (SSSR count). The fourth-order valence-electron chi connectivity index (χ4n) is 4.78. The molecular formula is C29H25FN4O5S. The molecule has 0 aliphatic heterocycles. The predicted octanol–water partition coefficient (Wildman–Crippen LogP) is 6.10. The van der Waals surface area contributed by atoms with Crippen LogP contribution < -0.4 is 14.8 Å². The van der Waals surface area contributed by atoms with E-state index in [0.717, 1.165) is 6.42 Å². The highest BCUT2D eigenvalue weighted by Gasteiger charge is 2.33. The fraction of sp³-hybridized carbons (Fsp3) is 0.241. The van der Waals surface area contributed by atoms with Crippen molar-refractivity contribution in [1.29, 1.82) is 0 Å². The summed E-state index contributed by atoms with van der Waals surface area (Å²) in [5.41, 5.74) is 3.56. The second kappa shape index (κ2) is 11.0. The summed E-state index contributed by atoms with van der Waals surface area (Å²) < 4.78 is 32.7. The van der Waals surface area contributed by atoms with Gasteiger partial charge < -0.3 is 19.3 Å². The normalized spacial score (nSPS) is 16.8. The number of amides is 1. The number of anilines is 1. The number of thiazole rings is 1.